The van der Waals surface area contributed by atoms with E-state index in [4.69, 9.17) is 0 Å². The number of amidine groups is 1. The van der Waals surface area contributed by atoms with Crippen molar-refractivity contribution in [1.82, 2.24) is 0 Å². The molecule has 1 atom stereocenters. The van der Waals surface area contributed by atoms with Crippen molar-refractivity contribution in [3.8, 4) is 0 Å². The van der Waals surface area contributed by atoms with E-state index >= 15 is 0 Å². The molecular formula is C19H18F3N3O2S2. The van der Waals surface area contributed by atoms with Crippen LogP contribution in [0.25, 0.3) is 0 Å². The highest BCUT2D eigenvalue weighted by Gasteiger charge is 2.37. The molecule has 154 valence electrons. The van der Waals surface area contributed by atoms with E-state index in [2.05, 4.69) is 15.3 Å². The van der Waals surface area contributed by atoms with E-state index in [0.717, 1.165) is 21.6 Å². The maximum Gasteiger partial charge on any atom is 0.418 e. The molecule has 0 aliphatic carbocycles. The summed E-state index contributed by atoms with van der Waals surface area (Å²) in [5.74, 6) is -0.639. The van der Waals surface area contributed by atoms with Gasteiger partial charge in [0.25, 0.3) is 5.91 Å². The molecular weight excluding hydrogens is 423 g/mol. The summed E-state index contributed by atoms with van der Waals surface area (Å²) in [6, 6.07) is 4.86. The first-order chi connectivity index (χ1) is 13.7. The summed E-state index contributed by atoms with van der Waals surface area (Å²) < 4.78 is 38.9. The average Bonchev–Trinajstić information content (AvgIpc) is 2.92. The molecule has 1 unspecified atom stereocenters. The standard InChI is InChI=1S/C19H18F3N3O2S2/c1-10-11(2)29-17-15(10)16(27)24-18(25-17)28-9-5-8-14(26)23-13-7-4-3-6-12(13)19(20,21)22/h3-4,6-7,15H,5,8-9H2,1-2H3,(H,23,26). The van der Waals surface area contributed by atoms with Crippen molar-refractivity contribution in [2.45, 2.75) is 32.9 Å². The summed E-state index contributed by atoms with van der Waals surface area (Å²) in [5, 5.41) is 3.40. The highest BCUT2D eigenvalue weighted by Crippen LogP contribution is 2.40. The molecule has 3 rings (SSSR count). The molecule has 0 spiro atoms. The second kappa shape index (κ2) is 8.74. The molecule has 10 heteroatoms. The van der Waals surface area contributed by atoms with Crippen molar-refractivity contribution in [2.24, 2.45) is 15.9 Å². The second-order valence-corrected chi connectivity index (χ2v) is 8.80. The minimum atomic E-state index is -4.54. The van der Waals surface area contributed by atoms with Gasteiger partial charge in [-0.1, -0.05) is 35.7 Å². The number of hydrogen-bond acceptors (Lipinski definition) is 5. The molecule has 2 heterocycles. The number of para-hydroxylation sites is 1. The Morgan fingerprint density at radius 1 is 1.24 bits per heavy atom. The monoisotopic (exact) mass is 441 g/mol. The van der Waals surface area contributed by atoms with Gasteiger partial charge in [0.1, 0.15) is 5.92 Å². The number of nitrogens with zero attached hydrogens (tertiary/aromatic N) is 2. The van der Waals surface area contributed by atoms with Crippen molar-refractivity contribution < 1.29 is 22.8 Å². The van der Waals surface area contributed by atoms with Gasteiger partial charge in [0, 0.05) is 12.2 Å². The van der Waals surface area contributed by atoms with Crippen LogP contribution in [0.3, 0.4) is 0 Å². The normalized spacial score (nSPS) is 19.1. The lowest BCUT2D eigenvalue weighted by Crippen LogP contribution is -2.24. The van der Waals surface area contributed by atoms with E-state index in [1.54, 1.807) is 0 Å². The minimum absolute atomic E-state index is 0.0497. The third-order valence-corrected chi connectivity index (χ3v) is 6.54. The Bertz CT molecular complexity index is 939. The van der Waals surface area contributed by atoms with Gasteiger partial charge in [-0.25, -0.2) is 4.99 Å². The number of allylic oxidation sites excluding steroid dienone is 1. The summed E-state index contributed by atoms with van der Waals surface area (Å²) >= 11 is 2.73. The average molecular weight is 442 g/mol. The van der Waals surface area contributed by atoms with Crippen LogP contribution in [0.1, 0.15) is 32.3 Å². The zero-order chi connectivity index (χ0) is 21.2. The lowest BCUT2D eigenvalue weighted by atomic mass is 10.0. The fraction of sp³-hybridized carbons (Fsp3) is 0.368. The summed E-state index contributed by atoms with van der Waals surface area (Å²) in [6.07, 6.45) is -4.07. The lowest BCUT2D eigenvalue weighted by Gasteiger charge is -2.14. The molecule has 0 fully saturated rings. The number of halogens is 3. The molecule has 1 aromatic carbocycles. The molecule has 2 aliphatic rings. The zero-order valence-corrected chi connectivity index (χ0v) is 17.3. The summed E-state index contributed by atoms with van der Waals surface area (Å²) in [6.45, 7) is 3.84. The highest BCUT2D eigenvalue weighted by atomic mass is 32.2. The molecule has 5 nitrogen and oxygen atoms in total. The first kappa shape index (κ1) is 21.6. The molecule has 0 saturated carbocycles. The number of alkyl halides is 3. The number of carbonyl (C=O) groups is 2. The van der Waals surface area contributed by atoms with Crippen molar-refractivity contribution in [2.75, 3.05) is 11.1 Å². The van der Waals surface area contributed by atoms with E-state index in [-0.39, 0.29) is 23.9 Å². The molecule has 29 heavy (non-hydrogen) atoms. The molecule has 1 aromatic rings. The summed E-state index contributed by atoms with van der Waals surface area (Å²) in [4.78, 5) is 33.7. The van der Waals surface area contributed by atoms with Crippen LogP contribution in [0, 0.1) is 5.92 Å². The van der Waals surface area contributed by atoms with Gasteiger partial charge in [0.15, 0.2) is 5.17 Å². The van der Waals surface area contributed by atoms with Gasteiger partial charge in [-0.3, -0.25) is 9.59 Å². The zero-order valence-electron chi connectivity index (χ0n) is 15.7. The number of carbonyl (C=O) groups excluding carboxylic acids is 2. The third kappa shape index (κ3) is 5.11. The number of thioether (sulfide) groups is 2. The Hall–Kier alpha value is -2.07. The van der Waals surface area contributed by atoms with Crippen LogP contribution in [-0.2, 0) is 15.8 Å². The van der Waals surface area contributed by atoms with Crippen LogP contribution in [0.2, 0.25) is 0 Å². The second-order valence-electron chi connectivity index (χ2n) is 6.50. The van der Waals surface area contributed by atoms with Crippen molar-refractivity contribution in [3.05, 3.63) is 40.3 Å². The molecule has 2 amide bonds. The van der Waals surface area contributed by atoms with Gasteiger partial charge in [-0.05, 0) is 42.9 Å². The topological polar surface area (TPSA) is 70.9 Å². The van der Waals surface area contributed by atoms with Gasteiger partial charge in [0.05, 0.1) is 16.3 Å². The molecule has 0 bridgehead atoms. The van der Waals surface area contributed by atoms with E-state index in [9.17, 15) is 22.8 Å². The largest absolute Gasteiger partial charge is 0.418 e. The van der Waals surface area contributed by atoms with Gasteiger partial charge < -0.3 is 5.32 Å². The smallest absolute Gasteiger partial charge is 0.326 e. The number of aliphatic imine (C=N–C) groups is 2. The highest BCUT2D eigenvalue weighted by molar-refractivity contribution is 8.18. The first-order valence-corrected chi connectivity index (χ1v) is 10.6. The fourth-order valence-electron chi connectivity index (χ4n) is 2.85. The van der Waals surface area contributed by atoms with E-state index in [1.165, 1.54) is 41.7 Å². The minimum Gasteiger partial charge on any atom is -0.326 e. The third-order valence-electron chi connectivity index (χ3n) is 4.44. The number of anilines is 1. The van der Waals surface area contributed by atoms with Crippen LogP contribution in [-0.4, -0.2) is 27.8 Å². The number of fused-ring (bicyclic) bond motifs is 1. The molecule has 0 aromatic heterocycles. The van der Waals surface area contributed by atoms with Crippen LogP contribution in [0.5, 0.6) is 0 Å². The number of hydrogen-bond donors (Lipinski definition) is 1. The van der Waals surface area contributed by atoms with Crippen molar-refractivity contribution in [1.29, 1.82) is 0 Å². The number of amides is 2. The Labute approximate surface area is 174 Å². The SMILES string of the molecule is CC1=C(C)C2C(=O)N=C(SCCCC(=O)Nc3ccccc3C(F)(F)F)N=C2S1. The number of rotatable bonds is 5. The van der Waals surface area contributed by atoms with E-state index in [0.29, 0.717) is 17.3 Å². The van der Waals surface area contributed by atoms with Gasteiger partial charge in [0.2, 0.25) is 5.91 Å². The van der Waals surface area contributed by atoms with Gasteiger partial charge in [-0.15, -0.1) is 0 Å². The quantitative estimate of drug-likeness (QED) is 0.645. The van der Waals surface area contributed by atoms with E-state index in [1.807, 2.05) is 13.8 Å². The number of benzene rings is 1. The fourth-order valence-corrected chi connectivity index (χ4v) is 4.82. The van der Waals surface area contributed by atoms with Crippen LogP contribution < -0.4 is 5.32 Å². The molecule has 2 aliphatic heterocycles. The molecule has 0 saturated heterocycles. The Kier molecular flexibility index (Phi) is 6.52. The summed E-state index contributed by atoms with van der Waals surface area (Å²) in [7, 11) is 0. The van der Waals surface area contributed by atoms with Crippen LogP contribution in [0.15, 0.2) is 44.7 Å². The van der Waals surface area contributed by atoms with Gasteiger partial charge in [-0.2, -0.15) is 18.2 Å². The van der Waals surface area contributed by atoms with Crippen molar-refractivity contribution >= 4 is 51.2 Å². The van der Waals surface area contributed by atoms with Crippen molar-refractivity contribution in [3.63, 3.8) is 0 Å². The molecule has 0 radical (unpaired) electrons. The maximum atomic E-state index is 13.0. The lowest BCUT2D eigenvalue weighted by molar-refractivity contribution is -0.137. The van der Waals surface area contributed by atoms with Crippen LogP contribution in [0.4, 0.5) is 18.9 Å². The maximum absolute atomic E-state index is 13.0. The summed E-state index contributed by atoms with van der Waals surface area (Å²) in [5.41, 5.74) is -0.160. The van der Waals surface area contributed by atoms with E-state index < -0.39 is 17.6 Å². The van der Waals surface area contributed by atoms with Gasteiger partial charge >= 0.3 is 6.18 Å². The first-order valence-electron chi connectivity index (χ1n) is 8.82. The number of nitrogens with one attached hydrogen (secondary N) is 1. The Morgan fingerprint density at radius 2 is 1.97 bits per heavy atom. The Balaban J connectivity index is 1.49. The Morgan fingerprint density at radius 3 is 2.69 bits per heavy atom. The predicted molar refractivity (Wildman–Crippen MR) is 111 cm³/mol. The van der Waals surface area contributed by atoms with Crippen LogP contribution >= 0.6 is 23.5 Å². The molecule has 1 N–H and O–H groups in total. The predicted octanol–water partition coefficient (Wildman–Crippen LogP) is 5.11.